The van der Waals surface area contributed by atoms with Gasteiger partial charge in [-0.1, -0.05) is 209 Å². The Morgan fingerprint density at radius 2 is 0.697 bits per heavy atom. The molecule has 4 amide bonds. The fourth-order valence-corrected chi connectivity index (χ4v) is 10.9. The van der Waals surface area contributed by atoms with Gasteiger partial charge in [-0.3, -0.25) is 38.4 Å². The average molecular weight is 1340 g/mol. The molecule has 524 valence electrons. The number of para-hydroxylation sites is 1. The molecule has 0 saturated heterocycles. The van der Waals surface area contributed by atoms with Crippen LogP contribution in [-0.4, -0.2) is 78.0 Å². The number of aryl methyl sites for hydroxylation is 6. The molecule has 0 aliphatic rings. The molecule has 99 heavy (non-hydrogen) atoms. The van der Waals surface area contributed by atoms with Crippen molar-refractivity contribution in [2.45, 2.75) is 170 Å². The van der Waals surface area contributed by atoms with Crippen molar-refractivity contribution in [2.24, 2.45) is 16.2 Å². The minimum absolute atomic E-state index is 0. The molecule has 8 rings (SSSR count). The number of hydrogen-bond donors (Lipinski definition) is 5. The van der Waals surface area contributed by atoms with Gasteiger partial charge in [0.05, 0.1) is 36.8 Å². The van der Waals surface area contributed by atoms with E-state index in [1.807, 2.05) is 210 Å². The second kappa shape index (κ2) is 36.0. The Hall–Kier alpha value is -10.1. The Morgan fingerprint density at radius 1 is 0.364 bits per heavy atom. The lowest BCUT2D eigenvalue weighted by Gasteiger charge is -2.31. The van der Waals surface area contributed by atoms with Gasteiger partial charge < -0.3 is 31.7 Å². The second-order valence-corrected chi connectivity index (χ2v) is 28.4. The van der Waals surface area contributed by atoms with E-state index in [1.54, 1.807) is 104 Å². The minimum Gasteiger partial charge on any atom is -0.497 e. The van der Waals surface area contributed by atoms with Crippen LogP contribution in [0.2, 0.25) is 0 Å². The first-order chi connectivity index (χ1) is 45.9. The van der Waals surface area contributed by atoms with Gasteiger partial charge in [0.2, 0.25) is 0 Å². The van der Waals surface area contributed by atoms with E-state index >= 15 is 0 Å². The van der Waals surface area contributed by atoms with Crippen LogP contribution in [0.1, 0.15) is 216 Å². The van der Waals surface area contributed by atoms with Crippen molar-refractivity contribution >= 4 is 52.4 Å². The summed E-state index contributed by atoms with van der Waals surface area (Å²) in [4.78, 5) is 103. The zero-order chi connectivity index (χ0) is 73.1. The summed E-state index contributed by atoms with van der Waals surface area (Å²) in [6.07, 6.45) is 0.520. The van der Waals surface area contributed by atoms with Crippen molar-refractivity contribution in [2.75, 3.05) is 12.8 Å². The summed E-state index contributed by atoms with van der Waals surface area (Å²) in [6.45, 7) is 37.1. The number of nitrogens with one attached hydrogen (secondary N) is 4. The molecule has 6 N–H and O–H groups in total. The maximum Gasteiger partial charge on any atom is 0.253 e. The Morgan fingerprint density at radius 3 is 1.08 bits per heavy atom. The van der Waals surface area contributed by atoms with Crippen molar-refractivity contribution in [3.63, 3.8) is 0 Å². The van der Waals surface area contributed by atoms with E-state index < -0.39 is 40.4 Å². The van der Waals surface area contributed by atoms with Crippen LogP contribution in [0.15, 0.2) is 176 Å². The molecule has 0 bridgehead atoms. The number of ether oxygens (including phenoxy) is 1. The number of carbonyl (C=O) groups excluding carboxylic acids is 8. The van der Waals surface area contributed by atoms with E-state index in [-0.39, 0.29) is 54.2 Å². The lowest BCUT2D eigenvalue weighted by Crippen LogP contribution is -2.49. The summed E-state index contributed by atoms with van der Waals surface area (Å²) >= 11 is 0. The first kappa shape index (κ1) is 81.3. The molecule has 0 saturated carbocycles. The molecule has 14 heteroatoms. The van der Waals surface area contributed by atoms with Gasteiger partial charge in [0.25, 0.3) is 23.6 Å². The number of ketones is 4. The highest BCUT2D eigenvalue weighted by atomic mass is 16.5. The number of amides is 4. The van der Waals surface area contributed by atoms with Gasteiger partial charge in [-0.25, -0.2) is 0 Å². The molecule has 4 unspecified atom stereocenters. The van der Waals surface area contributed by atoms with E-state index in [2.05, 4.69) is 21.3 Å². The molecule has 0 spiro atoms. The molecule has 8 aromatic carbocycles. The van der Waals surface area contributed by atoms with Gasteiger partial charge >= 0.3 is 0 Å². The fraction of sp³-hybridized carbons (Fsp3) is 0.341. The Kier molecular flexibility index (Phi) is 29.5. The zero-order valence-corrected chi connectivity index (χ0v) is 61.0. The third-order valence-corrected chi connectivity index (χ3v) is 17.2. The van der Waals surface area contributed by atoms with Crippen LogP contribution in [0.5, 0.6) is 5.75 Å². The summed E-state index contributed by atoms with van der Waals surface area (Å²) in [6, 6.07) is 50.6. The molecular formula is C85H105N5O9. The molecule has 0 fully saturated rings. The summed E-state index contributed by atoms with van der Waals surface area (Å²) in [5.41, 5.74) is 18.6. The number of nitrogen functional groups attached to an aromatic ring is 1. The molecule has 4 atom stereocenters. The lowest BCUT2D eigenvalue weighted by atomic mass is 9.81. The number of methoxy groups -OCH3 is 1. The van der Waals surface area contributed by atoms with Crippen LogP contribution in [0.25, 0.3) is 0 Å². The van der Waals surface area contributed by atoms with Gasteiger partial charge in [0.15, 0.2) is 23.1 Å². The van der Waals surface area contributed by atoms with Gasteiger partial charge in [-0.15, -0.1) is 0 Å². The molecule has 0 heterocycles. The predicted octanol–water partition coefficient (Wildman–Crippen LogP) is 17.2. The highest BCUT2D eigenvalue weighted by Gasteiger charge is 2.37. The molecule has 14 nitrogen and oxygen atoms in total. The van der Waals surface area contributed by atoms with Crippen LogP contribution in [0.3, 0.4) is 0 Å². The van der Waals surface area contributed by atoms with Gasteiger partial charge in [-0.05, 0) is 179 Å². The normalized spacial score (nSPS) is 12.2. The number of carbonyl (C=O) groups is 8. The maximum atomic E-state index is 13.2. The predicted molar refractivity (Wildman–Crippen MR) is 403 cm³/mol. The van der Waals surface area contributed by atoms with E-state index in [0.29, 0.717) is 62.4 Å². The number of Topliss-reactive ketones (excluding diaryl/α,β-unsaturated/α-hetero) is 4. The number of nitrogens with two attached hydrogens (primary N) is 1. The van der Waals surface area contributed by atoms with E-state index in [4.69, 9.17) is 10.5 Å². The Bertz CT molecular complexity index is 4150. The summed E-state index contributed by atoms with van der Waals surface area (Å²) in [5, 5.41) is 11.7. The third kappa shape index (κ3) is 22.7. The molecule has 0 radical (unpaired) electrons. The van der Waals surface area contributed by atoms with Crippen LogP contribution in [-0.2, 0) is 0 Å². The second-order valence-electron chi connectivity index (χ2n) is 28.4. The van der Waals surface area contributed by atoms with Crippen molar-refractivity contribution < 1.29 is 43.1 Å². The van der Waals surface area contributed by atoms with E-state index in [1.165, 1.54) is 0 Å². The van der Waals surface area contributed by atoms with Crippen LogP contribution >= 0.6 is 0 Å². The summed E-state index contributed by atoms with van der Waals surface area (Å²) < 4.78 is 5.21. The van der Waals surface area contributed by atoms with Gasteiger partial charge in [-0.2, -0.15) is 0 Å². The number of hydrogen-bond acceptors (Lipinski definition) is 10. The third-order valence-electron chi connectivity index (χ3n) is 17.2. The highest BCUT2D eigenvalue weighted by molar-refractivity contribution is 6.08. The topological polar surface area (TPSA) is 220 Å². The van der Waals surface area contributed by atoms with Crippen molar-refractivity contribution in [1.29, 1.82) is 0 Å². The largest absolute Gasteiger partial charge is 0.497 e. The van der Waals surface area contributed by atoms with Gasteiger partial charge in [0, 0.05) is 44.6 Å². The quantitative estimate of drug-likeness (QED) is 0.0404. The Labute approximate surface area is 588 Å². The Balaban J connectivity index is 0.000000280. The minimum atomic E-state index is -0.651. The molecule has 0 aliphatic carbocycles. The zero-order valence-electron chi connectivity index (χ0n) is 61.0. The SMILES string of the molecule is C.CCC(NC(=O)c1ccccc1N)C(=O)c1ccccc1.COc1cccc(C(=O)C(NC(=O)c2cccc(C)c2C)C(C)(C)C)c1.Cc1cc(C)cc(C(=O)C(NC(=O)c2cccc(C)c2C)C(C)(C)C)c1.Cc1cccc(C(=O)C(NC(=O)c2cccc(C)c2C)C(C)(C)C)c1. The molecule has 8 aromatic rings. The van der Waals surface area contributed by atoms with Crippen molar-refractivity contribution in [1.82, 2.24) is 21.3 Å². The molecular weight excluding hydrogens is 1230 g/mol. The molecule has 0 aromatic heterocycles. The van der Waals surface area contributed by atoms with E-state index in [0.717, 1.165) is 50.1 Å². The summed E-state index contributed by atoms with van der Waals surface area (Å²) in [5.74, 6) is -0.698. The van der Waals surface area contributed by atoms with Crippen LogP contribution in [0, 0.1) is 78.6 Å². The first-order valence-corrected chi connectivity index (χ1v) is 33.2. The van der Waals surface area contributed by atoms with Crippen molar-refractivity contribution in [3.8, 4) is 5.75 Å². The summed E-state index contributed by atoms with van der Waals surface area (Å²) in [7, 11) is 1.56. The lowest BCUT2D eigenvalue weighted by molar-refractivity contribution is 0.0781. The van der Waals surface area contributed by atoms with Crippen LogP contribution in [0.4, 0.5) is 5.69 Å². The van der Waals surface area contributed by atoms with Crippen molar-refractivity contribution in [3.05, 3.63) is 271 Å². The number of anilines is 1. The molecule has 0 aliphatic heterocycles. The first-order valence-electron chi connectivity index (χ1n) is 33.2. The number of rotatable bonds is 18. The smallest absolute Gasteiger partial charge is 0.253 e. The maximum absolute atomic E-state index is 13.2. The van der Waals surface area contributed by atoms with E-state index in [9.17, 15) is 38.4 Å². The van der Waals surface area contributed by atoms with Crippen LogP contribution < -0.4 is 31.7 Å². The fourth-order valence-electron chi connectivity index (χ4n) is 10.9. The van der Waals surface area contributed by atoms with Gasteiger partial charge in [0.1, 0.15) is 5.75 Å². The highest BCUT2D eigenvalue weighted by Crippen LogP contribution is 2.29. The monoisotopic (exact) mass is 1340 g/mol. The number of benzene rings is 8. The standard InChI is InChI=1S/C23H29NO2.C22H27NO3.C22H27NO2.C17H18N2O2.CH4/c1-14-11-15(2)13-18(12-14)20(25)21(23(5,6)7)24-22(26)19-10-8-9-16(3)17(19)4;1-14-9-7-12-18(15(14)2)21(25)23-20(22(3,4)5)19(24)16-10-8-11-17(13-16)26-6;1-14-9-7-11-17(13-14)19(24)20(22(4,5)6)23-21(25)18-12-8-10-15(2)16(18)3;1-2-15(16(20)12-8-4-3-5-9-12)19-17(21)13-10-6-7-11-14(13)18;/h8-13,21H,1-7H3,(H,24,26);7-13,20H,1-6H3,(H,23,25);7-13,20H,1-6H3,(H,23,25);3-11,15H,2,18H2,1H3,(H,19,21);1H4. The average Bonchev–Trinajstić information content (AvgIpc) is 0.817.